The van der Waals surface area contributed by atoms with Crippen LogP contribution in [0, 0.1) is 6.92 Å². The smallest absolute Gasteiger partial charge is 0.345 e. The second-order valence-electron chi connectivity index (χ2n) is 4.44. The molecule has 0 aromatic carbocycles. The number of carbonyl (C=O) groups is 1. The van der Waals surface area contributed by atoms with Crippen molar-refractivity contribution in [3.05, 3.63) is 55.4 Å². The van der Waals surface area contributed by atoms with Gasteiger partial charge in [0.05, 0.1) is 11.9 Å². The number of nitrogens with zero attached hydrogens (tertiary/aromatic N) is 1. The van der Waals surface area contributed by atoms with Crippen LogP contribution in [0.25, 0.3) is 10.1 Å². The molecule has 0 bridgehead atoms. The number of hydrogen-bond acceptors (Lipinski definition) is 4. The summed E-state index contributed by atoms with van der Waals surface area (Å²) in [7, 11) is 0. The third-order valence-electron chi connectivity index (χ3n) is 3.16. The summed E-state index contributed by atoms with van der Waals surface area (Å²) in [4.78, 5) is 24.5. The molecule has 3 aromatic heterocycles. The maximum Gasteiger partial charge on any atom is 0.345 e. The van der Waals surface area contributed by atoms with Crippen molar-refractivity contribution in [2.75, 3.05) is 0 Å². The Bertz CT molecular complexity index is 857. The van der Waals surface area contributed by atoms with Gasteiger partial charge in [0.15, 0.2) is 0 Å². The Balaban J connectivity index is 2.03. The lowest BCUT2D eigenvalue weighted by Gasteiger charge is -2.05. The van der Waals surface area contributed by atoms with E-state index < -0.39 is 5.97 Å². The highest BCUT2D eigenvalue weighted by Gasteiger charge is 2.12. The lowest BCUT2D eigenvalue weighted by Crippen LogP contribution is -2.19. The van der Waals surface area contributed by atoms with Crippen molar-refractivity contribution >= 4 is 38.7 Å². The molecule has 0 saturated heterocycles. The number of thiophene rings is 2. The van der Waals surface area contributed by atoms with Crippen molar-refractivity contribution in [1.82, 2.24) is 4.57 Å². The van der Waals surface area contributed by atoms with Gasteiger partial charge in [-0.25, -0.2) is 4.79 Å². The summed E-state index contributed by atoms with van der Waals surface area (Å²) in [6, 6.07) is 5.38. The summed E-state index contributed by atoms with van der Waals surface area (Å²) >= 11 is 2.78. The van der Waals surface area contributed by atoms with Crippen LogP contribution in [0.1, 0.15) is 20.1 Å². The maximum atomic E-state index is 12.3. The van der Waals surface area contributed by atoms with Crippen LogP contribution in [0.5, 0.6) is 0 Å². The summed E-state index contributed by atoms with van der Waals surface area (Å²) in [6.07, 6.45) is 1.76. The first-order valence-corrected chi connectivity index (χ1v) is 7.65. The van der Waals surface area contributed by atoms with E-state index in [1.807, 2.05) is 24.4 Å². The lowest BCUT2D eigenvalue weighted by molar-refractivity contribution is 0.0702. The zero-order valence-corrected chi connectivity index (χ0v) is 12.3. The Hall–Kier alpha value is -1.92. The number of hydrogen-bond donors (Lipinski definition) is 1. The van der Waals surface area contributed by atoms with E-state index in [9.17, 15) is 9.59 Å². The van der Waals surface area contributed by atoms with Crippen molar-refractivity contribution in [3.63, 3.8) is 0 Å². The molecule has 0 aliphatic rings. The van der Waals surface area contributed by atoms with Crippen molar-refractivity contribution in [3.8, 4) is 0 Å². The van der Waals surface area contributed by atoms with E-state index in [1.54, 1.807) is 16.8 Å². The molecule has 0 radical (unpaired) electrons. The van der Waals surface area contributed by atoms with Gasteiger partial charge in [-0.15, -0.1) is 22.7 Å². The second kappa shape index (κ2) is 4.88. The fourth-order valence-corrected chi connectivity index (χ4v) is 3.74. The van der Waals surface area contributed by atoms with Gasteiger partial charge in [0.2, 0.25) is 0 Å². The molecule has 1 N–H and O–H groups in total. The van der Waals surface area contributed by atoms with Crippen molar-refractivity contribution in [2.24, 2.45) is 0 Å². The molecule has 102 valence electrons. The molecule has 0 saturated carbocycles. The van der Waals surface area contributed by atoms with Gasteiger partial charge in [-0.05, 0) is 36.1 Å². The van der Waals surface area contributed by atoms with Crippen LogP contribution < -0.4 is 5.56 Å². The Morgan fingerprint density at radius 3 is 2.90 bits per heavy atom. The van der Waals surface area contributed by atoms with Crippen LogP contribution in [0.3, 0.4) is 0 Å². The highest BCUT2D eigenvalue weighted by atomic mass is 32.1. The zero-order valence-electron chi connectivity index (χ0n) is 10.6. The minimum Gasteiger partial charge on any atom is -0.477 e. The van der Waals surface area contributed by atoms with E-state index in [2.05, 4.69) is 0 Å². The molecule has 0 atom stereocenters. The Labute approximate surface area is 122 Å². The van der Waals surface area contributed by atoms with E-state index in [0.717, 1.165) is 15.1 Å². The highest BCUT2D eigenvalue weighted by molar-refractivity contribution is 7.17. The van der Waals surface area contributed by atoms with Crippen LogP contribution in [-0.4, -0.2) is 15.6 Å². The normalized spacial score (nSPS) is 11.1. The number of aryl methyl sites for hydroxylation is 1. The largest absolute Gasteiger partial charge is 0.477 e. The van der Waals surface area contributed by atoms with Crippen LogP contribution in [0.15, 0.2) is 34.6 Å². The average molecular weight is 305 g/mol. The summed E-state index contributed by atoms with van der Waals surface area (Å²) < 4.78 is 2.59. The number of carboxylic acids is 1. The molecular formula is C14H11NO3S2. The van der Waals surface area contributed by atoms with Gasteiger partial charge >= 0.3 is 5.97 Å². The van der Waals surface area contributed by atoms with Crippen molar-refractivity contribution in [1.29, 1.82) is 0 Å². The number of pyridine rings is 1. The van der Waals surface area contributed by atoms with Gasteiger partial charge in [0, 0.05) is 15.8 Å². The minimum atomic E-state index is -0.926. The second-order valence-corrected chi connectivity index (χ2v) is 6.65. The number of aromatic carboxylic acids is 1. The van der Waals surface area contributed by atoms with E-state index >= 15 is 0 Å². The van der Waals surface area contributed by atoms with Gasteiger partial charge in [-0.2, -0.15) is 0 Å². The molecule has 0 amide bonds. The fraction of sp³-hybridized carbons (Fsp3) is 0.143. The van der Waals surface area contributed by atoms with E-state index in [0.29, 0.717) is 16.8 Å². The van der Waals surface area contributed by atoms with Gasteiger partial charge in [-0.1, -0.05) is 0 Å². The molecule has 20 heavy (non-hydrogen) atoms. The first-order valence-electron chi connectivity index (χ1n) is 5.95. The SMILES string of the molecule is Cc1sc(C(=O)O)cc1Cn1ccc2sccc2c1=O. The summed E-state index contributed by atoms with van der Waals surface area (Å²) in [5, 5.41) is 11.6. The molecule has 0 aliphatic carbocycles. The molecular weight excluding hydrogens is 294 g/mol. The molecule has 0 spiro atoms. The molecule has 3 aromatic rings. The third-order valence-corrected chi connectivity index (χ3v) is 5.13. The molecule has 3 heterocycles. The summed E-state index contributed by atoms with van der Waals surface area (Å²) in [5.74, 6) is -0.926. The van der Waals surface area contributed by atoms with E-state index in [1.165, 1.54) is 22.7 Å². The predicted octanol–water partition coefficient (Wildman–Crippen LogP) is 3.18. The number of carboxylic acid groups (broad SMARTS) is 1. The quantitative estimate of drug-likeness (QED) is 0.808. The van der Waals surface area contributed by atoms with Gasteiger partial charge in [-0.3, -0.25) is 4.79 Å². The Morgan fingerprint density at radius 1 is 1.40 bits per heavy atom. The monoisotopic (exact) mass is 305 g/mol. The van der Waals surface area contributed by atoms with Crippen molar-refractivity contribution in [2.45, 2.75) is 13.5 Å². The first kappa shape index (κ1) is 13.1. The number of fused-ring (bicyclic) bond motifs is 1. The fourth-order valence-electron chi connectivity index (χ4n) is 2.10. The third kappa shape index (κ3) is 2.17. The molecule has 3 rings (SSSR count). The lowest BCUT2D eigenvalue weighted by atomic mass is 10.2. The van der Waals surface area contributed by atoms with Crippen LogP contribution in [0.2, 0.25) is 0 Å². The highest BCUT2D eigenvalue weighted by Crippen LogP contribution is 2.23. The predicted molar refractivity (Wildman–Crippen MR) is 81.2 cm³/mol. The molecule has 0 aliphatic heterocycles. The summed E-state index contributed by atoms with van der Waals surface area (Å²) in [5.41, 5.74) is 0.843. The number of aromatic nitrogens is 1. The van der Waals surface area contributed by atoms with Gasteiger partial charge < -0.3 is 9.67 Å². The van der Waals surface area contributed by atoms with E-state index in [4.69, 9.17) is 5.11 Å². The molecule has 0 unspecified atom stereocenters. The maximum absolute atomic E-state index is 12.3. The average Bonchev–Trinajstić information content (AvgIpc) is 3.00. The standard InChI is InChI=1S/C14H11NO3S2/c1-8-9(6-12(20-8)14(17)18)7-15-4-2-11-10(13(15)16)3-5-19-11/h2-6H,7H2,1H3,(H,17,18). The van der Waals surface area contributed by atoms with Gasteiger partial charge in [0.1, 0.15) is 4.88 Å². The molecule has 4 nitrogen and oxygen atoms in total. The van der Waals surface area contributed by atoms with Crippen LogP contribution in [-0.2, 0) is 6.54 Å². The topological polar surface area (TPSA) is 59.3 Å². The minimum absolute atomic E-state index is 0.0359. The van der Waals surface area contributed by atoms with E-state index in [-0.39, 0.29) is 5.56 Å². The zero-order chi connectivity index (χ0) is 14.3. The van der Waals surface area contributed by atoms with Crippen LogP contribution in [0.4, 0.5) is 0 Å². The number of rotatable bonds is 3. The Kier molecular flexibility index (Phi) is 3.19. The van der Waals surface area contributed by atoms with Crippen molar-refractivity contribution < 1.29 is 9.90 Å². The van der Waals surface area contributed by atoms with Crippen LogP contribution >= 0.6 is 22.7 Å². The molecule has 0 fully saturated rings. The summed E-state index contributed by atoms with van der Waals surface area (Å²) in [6.45, 7) is 2.28. The Morgan fingerprint density at radius 2 is 2.20 bits per heavy atom. The van der Waals surface area contributed by atoms with Gasteiger partial charge in [0.25, 0.3) is 5.56 Å². The molecule has 6 heteroatoms. The first-order chi connectivity index (χ1) is 9.56.